The molecular weight excluding hydrogens is 300 g/mol. The molecule has 0 saturated heterocycles. The van der Waals surface area contributed by atoms with Crippen molar-refractivity contribution in [1.82, 2.24) is 9.71 Å². The van der Waals surface area contributed by atoms with E-state index >= 15 is 0 Å². The second-order valence-corrected chi connectivity index (χ2v) is 7.41. The number of rotatable bonds is 3. The third-order valence-electron chi connectivity index (χ3n) is 1.99. The van der Waals surface area contributed by atoms with Crippen LogP contribution < -0.4 is 4.72 Å². The average Bonchev–Trinajstić information content (AvgIpc) is 2.25. The highest BCUT2D eigenvalue weighted by Gasteiger charge is 2.23. The molecule has 1 N–H and O–H groups in total. The lowest BCUT2D eigenvalue weighted by atomic mass is 10.2. The molecule has 17 heavy (non-hydrogen) atoms. The van der Waals surface area contributed by atoms with Gasteiger partial charge in [-0.15, -0.1) is 6.42 Å². The van der Waals surface area contributed by atoms with Crippen molar-refractivity contribution in [1.29, 1.82) is 0 Å². The predicted molar refractivity (Wildman–Crippen MR) is 74.5 cm³/mol. The topological polar surface area (TPSA) is 42.0 Å². The fourth-order valence-corrected chi connectivity index (χ4v) is 2.01. The van der Waals surface area contributed by atoms with Gasteiger partial charge >= 0.3 is 0 Å². The van der Waals surface area contributed by atoms with Crippen LogP contribution in [-0.2, 0) is 11.0 Å². The molecule has 1 unspecified atom stereocenters. The highest BCUT2D eigenvalue weighted by atomic mass is 79.9. The van der Waals surface area contributed by atoms with Crippen molar-refractivity contribution < 1.29 is 4.21 Å². The summed E-state index contributed by atoms with van der Waals surface area (Å²) in [6.45, 7) is 5.66. The standard InChI is InChI=1S/C12H15BrN2OS/c1-5-10(15-17(16)12(2,3)4)11-7-6-9(13)8-14-11/h1,6-8,10,15H,2-4H3/t10-,17?/m1/s1. The summed E-state index contributed by atoms with van der Waals surface area (Å²) < 4.78 is 15.4. The zero-order valence-electron chi connectivity index (χ0n) is 10.0. The smallest absolute Gasteiger partial charge is 0.122 e. The molecule has 0 fully saturated rings. The van der Waals surface area contributed by atoms with Gasteiger partial charge in [-0.05, 0) is 48.8 Å². The maximum absolute atomic E-state index is 11.9. The Labute approximate surface area is 113 Å². The lowest BCUT2D eigenvalue weighted by Crippen LogP contribution is -2.35. The molecule has 0 bridgehead atoms. The Balaban J connectivity index is 2.84. The predicted octanol–water partition coefficient (Wildman–Crippen LogP) is 2.57. The Morgan fingerprint density at radius 3 is 2.59 bits per heavy atom. The zero-order valence-corrected chi connectivity index (χ0v) is 12.4. The molecule has 1 rings (SSSR count). The normalized spacial score (nSPS) is 15.0. The monoisotopic (exact) mass is 314 g/mol. The number of hydrogen-bond donors (Lipinski definition) is 1. The molecule has 0 aliphatic rings. The fourth-order valence-electron chi connectivity index (χ4n) is 1.02. The van der Waals surface area contributed by atoms with E-state index in [0.29, 0.717) is 5.69 Å². The van der Waals surface area contributed by atoms with Gasteiger partial charge in [0.15, 0.2) is 0 Å². The van der Waals surface area contributed by atoms with Crippen LogP contribution in [0.2, 0.25) is 0 Å². The molecule has 0 saturated carbocycles. The molecule has 1 aromatic rings. The van der Waals surface area contributed by atoms with Crippen LogP contribution >= 0.6 is 15.9 Å². The summed E-state index contributed by atoms with van der Waals surface area (Å²) in [5.41, 5.74) is 0.688. The molecule has 0 spiro atoms. The van der Waals surface area contributed by atoms with Crippen LogP contribution in [0.1, 0.15) is 32.5 Å². The van der Waals surface area contributed by atoms with Crippen LogP contribution in [-0.4, -0.2) is 13.9 Å². The number of halogens is 1. The molecule has 1 heterocycles. The summed E-state index contributed by atoms with van der Waals surface area (Å²) in [4.78, 5) is 4.20. The van der Waals surface area contributed by atoms with Gasteiger partial charge in [-0.2, -0.15) is 0 Å². The quantitative estimate of drug-likeness (QED) is 0.871. The number of nitrogens with zero attached hydrogens (tertiary/aromatic N) is 1. The Kier molecular flexibility index (Phi) is 4.87. The first kappa shape index (κ1) is 14.4. The van der Waals surface area contributed by atoms with E-state index in [0.717, 1.165) is 4.47 Å². The molecular formula is C12H15BrN2OS. The third-order valence-corrected chi connectivity index (χ3v) is 4.03. The van der Waals surface area contributed by atoms with Crippen molar-refractivity contribution >= 4 is 26.9 Å². The lowest BCUT2D eigenvalue weighted by molar-refractivity contribution is 0.626. The summed E-state index contributed by atoms with van der Waals surface area (Å²) in [5.74, 6) is 2.56. The molecule has 0 radical (unpaired) electrons. The first-order valence-corrected chi connectivity index (χ1v) is 7.04. The Bertz CT molecular complexity index is 445. The number of nitrogens with one attached hydrogen (secondary N) is 1. The average molecular weight is 315 g/mol. The molecule has 5 heteroatoms. The molecule has 1 aromatic heterocycles. The van der Waals surface area contributed by atoms with Gasteiger partial charge in [-0.3, -0.25) is 4.98 Å². The second kappa shape index (κ2) is 5.76. The Hall–Kier alpha value is -0.700. The first-order chi connectivity index (χ1) is 7.84. The Morgan fingerprint density at radius 2 is 2.18 bits per heavy atom. The first-order valence-electron chi connectivity index (χ1n) is 5.10. The van der Waals surface area contributed by atoms with Gasteiger partial charge in [-0.1, -0.05) is 5.92 Å². The van der Waals surface area contributed by atoms with Gasteiger partial charge in [0.1, 0.15) is 6.04 Å². The maximum atomic E-state index is 11.9. The summed E-state index contributed by atoms with van der Waals surface area (Å²) in [6, 6.07) is 3.22. The molecule has 0 amide bonds. The summed E-state index contributed by atoms with van der Waals surface area (Å²) in [6.07, 6.45) is 7.10. The molecule has 92 valence electrons. The minimum absolute atomic E-state index is 0.357. The number of terminal acetylenes is 1. The van der Waals surface area contributed by atoms with Crippen molar-refractivity contribution in [3.8, 4) is 12.3 Å². The minimum atomic E-state index is -1.22. The Morgan fingerprint density at radius 1 is 1.53 bits per heavy atom. The molecule has 0 aliphatic heterocycles. The van der Waals surface area contributed by atoms with E-state index in [9.17, 15) is 4.21 Å². The van der Waals surface area contributed by atoms with E-state index < -0.39 is 17.0 Å². The van der Waals surface area contributed by atoms with Gasteiger partial charge in [0.2, 0.25) is 0 Å². The molecule has 3 nitrogen and oxygen atoms in total. The molecule has 2 atom stereocenters. The van der Waals surface area contributed by atoms with Crippen LogP contribution in [0.25, 0.3) is 0 Å². The van der Waals surface area contributed by atoms with Gasteiger partial charge in [0, 0.05) is 10.7 Å². The molecule has 0 aromatic carbocycles. The van der Waals surface area contributed by atoms with Crippen molar-refractivity contribution in [3.05, 3.63) is 28.5 Å². The van der Waals surface area contributed by atoms with E-state index in [-0.39, 0.29) is 4.75 Å². The molecule has 0 aliphatic carbocycles. The van der Waals surface area contributed by atoms with Gasteiger partial charge in [-0.25, -0.2) is 8.93 Å². The van der Waals surface area contributed by atoms with Crippen molar-refractivity contribution in [3.63, 3.8) is 0 Å². The SMILES string of the molecule is C#C[C@@H](NS(=O)C(C)(C)C)c1ccc(Br)cn1. The van der Waals surface area contributed by atoms with Crippen molar-refractivity contribution in [2.45, 2.75) is 31.6 Å². The van der Waals surface area contributed by atoms with Gasteiger partial charge < -0.3 is 0 Å². The van der Waals surface area contributed by atoms with Crippen molar-refractivity contribution in [2.24, 2.45) is 0 Å². The number of pyridine rings is 1. The van der Waals surface area contributed by atoms with E-state index in [1.54, 1.807) is 6.20 Å². The number of aromatic nitrogens is 1. The van der Waals surface area contributed by atoms with Gasteiger partial charge in [0.05, 0.1) is 21.4 Å². The zero-order chi connectivity index (χ0) is 13.1. The van der Waals surface area contributed by atoms with Crippen LogP contribution in [0.4, 0.5) is 0 Å². The summed E-state index contributed by atoms with van der Waals surface area (Å²) >= 11 is 3.30. The highest BCUT2D eigenvalue weighted by Crippen LogP contribution is 2.16. The van der Waals surface area contributed by atoms with E-state index in [1.165, 1.54) is 0 Å². The highest BCUT2D eigenvalue weighted by molar-refractivity contribution is 9.10. The minimum Gasteiger partial charge on any atom is -0.257 e. The lowest BCUT2D eigenvalue weighted by Gasteiger charge is -2.21. The van der Waals surface area contributed by atoms with Crippen LogP contribution in [0.15, 0.2) is 22.8 Å². The van der Waals surface area contributed by atoms with Crippen molar-refractivity contribution in [2.75, 3.05) is 0 Å². The third kappa shape index (κ3) is 4.23. The van der Waals surface area contributed by atoms with E-state index in [2.05, 4.69) is 31.6 Å². The fraction of sp³-hybridized carbons (Fsp3) is 0.417. The second-order valence-electron chi connectivity index (χ2n) is 4.50. The summed E-state index contributed by atoms with van der Waals surface area (Å²) in [5, 5.41) is 0. The van der Waals surface area contributed by atoms with Crippen LogP contribution in [0, 0.1) is 12.3 Å². The largest absolute Gasteiger partial charge is 0.257 e. The maximum Gasteiger partial charge on any atom is 0.122 e. The van der Waals surface area contributed by atoms with Gasteiger partial charge in [0.25, 0.3) is 0 Å². The van der Waals surface area contributed by atoms with E-state index in [4.69, 9.17) is 6.42 Å². The van der Waals surface area contributed by atoms with E-state index in [1.807, 2.05) is 32.9 Å². The van der Waals surface area contributed by atoms with Crippen LogP contribution in [0.5, 0.6) is 0 Å². The number of hydrogen-bond acceptors (Lipinski definition) is 2. The van der Waals surface area contributed by atoms with Crippen LogP contribution in [0.3, 0.4) is 0 Å². The summed E-state index contributed by atoms with van der Waals surface area (Å²) in [7, 11) is -1.22.